The number of nitrogens with one attached hydrogen (secondary N) is 1. The Hall–Kier alpha value is -4.12. The second-order valence-corrected chi connectivity index (χ2v) is 7.42. The van der Waals surface area contributed by atoms with Crippen LogP contribution in [0.5, 0.6) is 5.75 Å². The molecule has 0 spiro atoms. The first-order chi connectivity index (χ1) is 15.4. The number of nitriles is 2. The summed E-state index contributed by atoms with van der Waals surface area (Å²) in [6.07, 6.45) is -3.98. The summed E-state index contributed by atoms with van der Waals surface area (Å²) in [7, 11) is 0. The number of ether oxygens (including phenoxy) is 2. The maximum Gasteiger partial charge on any atom is 0.419 e. The van der Waals surface area contributed by atoms with Crippen LogP contribution in [-0.2, 0) is 20.5 Å². The highest BCUT2D eigenvalue weighted by Gasteiger charge is 2.40. The van der Waals surface area contributed by atoms with Crippen LogP contribution in [0, 0.1) is 28.6 Å². The van der Waals surface area contributed by atoms with E-state index in [0.29, 0.717) is 11.6 Å². The lowest BCUT2D eigenvalue weighted by molar-refractivity contribution is -0.170. The Balaban J connectivity index is 2.30. The summed E-state index contributed by atoms with van der Waals surface area (Å²) in [4.78, 5) is 28.6. The molecule has 1 aromatic carbocycles. The average molecular weight is 460 g/mol. The van der Waals surface area contributed by atoms with E-state index < -0.39 is 47.4 Å². The fourth-order valence-corrected chi connectivity index (χ4v) is 2.43. The van der Waals surface area contributed by atoms with Crippen molar-refractivity contribution in [1.82, 2.24) is 4.98 Å². The summed E-state index contributed by atoms with van der Waals surface area (Å²) in [5, 5.41) is 19.9. The summed E-state index contributed by atoms with van der Waals surface area (Å²) >= 11 is 0. The van der Waals surface area contributed by atoms with Crippen LogP contribution in [0.1, 0.15) is 37.6 Å². The van der Waals surface area contributed by atoms with E-state index in [1.807, 2.05) is 6.07 Å². The van der Waals surface area contributed by atoms with Crippen molar-refractivity contribution in [2.45, 2.75) is 32.5 Å². The van der Waals surface area contributed by atoms with Gasteiger partial charge in [-0.25, -0.2) is 4.98 Å². The van der Waals surface area contributed by atoms with Gasteiger partial charge in [0.15, 0.2) is 5.69 Å². The average Bonchev–Trinajstić information content (AvgIpc) is 2.77. The van der Waals surface area contributed by atoms with Crippen molar-refractivity contribution in [1.29, 1.82) is 10.5 Å². The Labute approximate surface area is 187 Å². The molecule has 0 bridgehead atoms. The number of alkyl halides is 3. The molecule has 1 N–H and O–H groups in total. The summed E-state index contributed by atoms with van der Waals surface area (Å²) in [6, 6.07) is 9.76. The fraction of sp³-hybridized carbons (Fsp3) is 0.318. The molecule has 0 unspecified atom stereocenters. The number of hydrogen-bond donors (Lipinski definition) is 1. The number of pyridine rings is 1. The van der Waals surface area contributed by atoms with E-state index in [-0.39, 0.29) is 11.4 Å². The Kier molecular flexibility index (Phi) is 7.62. The Bertz CT molecular complexity index is 1120. The van der Waals surface area contributed by atoms with Gasteiger partial charge in [0, 0.05) is 0 Å². The molecule has 0 aliphatic carbocycles. The van der Waals surface area contributed by atoms with Crippen molar-refractivity contribution in [2.75, 3.05) is 11.9 Å². The van der Waals surface area contributed by atoms with Crippen LogP contribution in [-0.4, -0.2) is 29.1 Å². The molecule has 0 saturated carbocycles. The zero-order chi connectivity index (χ0) is 24.8. The molecule has 1 aromatic heterocycles. The van der Waals surface area contributed by atoms with Gasteiger partial charge < -0.3 is 14.8 Å². The summed E-state index contributed by atoms with van der Waals surface area (Å²) in [5.74, 6) is -2.02. The number of benzene rings is 1. The molecule has 11 heteroatoms. The predicted octanol–water partition coefficient (Wildman–Crippen LogP) is 3.82. The van der Waals surface area contributed by atoms with Crippen molar-refractivity contribution >= 4 is 17.6 Å². The maximum atomic E-state index is 13.2. The van der Waals surface area contributed by atoms with Gasteiger partial charge in [-0.3, -0.25) is 9.59 Å². The van der Waals surface area contributed by atoms with Gasteiger partial charge in [0.25, 0.3) is 5.91 Å². The van der Waals surface area contributed by atoms with Crippen LogP contribution in [0.4, 0.5) is 18.9 Å². The van der Waals surface area contributed by atoms with Crippen molar-refractivity contribution in [3.8, 4) is 17.9 Å². The van der Waals surface area contributed by atoms with Gasteiger partial charge in [-0.05, 0) is 37.3 Å². The largest absolute Gasteiger partial charge is 0.489 e. The van der Waals surface area contributed by atoms with Gasteiger partial charge in [0.05, 0.1) is 35.0 Å². The van der Waals surface area contributed by atoms with E-state index >= 15 is 0 Å². The Morgan fingerprint density at radius 3 is 2.30 bits per heavy atom. The Morgan fingerprint density at radius 1 is 1.15 bits per heavy atom. The lowest BCUT2D eigenvalue weighted by atomic mass is 10.1. The highest BCUT2D eigenvalue weighted by Crippen LogP contribution is 2.33. The number of aromatic nitrogens is 1. The van der Waals surface area contributed by atoms with E-state index in [2.05, 4.69) is 10.3 Å². The molecule has 0 saturated heterocycles. The zero-order valence-corrected chi connectivity index (χ0v) is 17.9. The quantitative estimate of drug-likeness (QED) is 0.623. The number of carbonyl (C=O) groups excluding carboxylic acids is 2. The number of esters is 1. The third kappa shape index (κ3) is 6.43. The molecule has 33 heavy (non-hydrogen) atoms. The highest BCUT2D eigenvalue weighted by molar-refractivity contribution is 5.98. The normalized spacial score (nSPS) is 12.8. The smallest absolute Gasteiger partial charge is 0.419 e. The number of halogens is 3. The number of nitrogens with zero attached hydrogens (tertiary/aromatic N) is 3. The topological polar surface area (TPSA) is 125 Å². The molecule has 2 rings (SSSR count). The van der Waals surface area contributed by atoms with Crippen LogP contribution in [0.2, 0.25) is 0 Å². The lowest BCUT2D eigenvalue weighted by Crippen LogP contribution is -2.49. The number of hydrogen-bond acceptors (Lipinski definition) is 7. The molecule has 8 nitrogen and oxygen atoms in total. The molecule has 0 aliphatic heterocycles. The van der Waals surface area contributed by atoms with Gasteiger partial charge >= 0.3 is 12.1 Å². The highest BCUT2D eigenvalue weighted by atomic mass is 19.4. The number of anilines is 1. The van der Waals surface area contributed by atoms with Gasteiger partial charge in [-0.15, -0.1) is 0 Å². The number of carbonyl (C=O) groups is 2. The van der Waals surface area contributed by atoms with Crippen LogP contribution >= 0.6 is 0 Å². The first-order valence-corrected chi connectivity index (χ1v) is 9.54. The van der Waals surface area contributed by atoms with E-state index in [9.17, 15) is 22.8 Å². The zero-order valence-electron chi connectivity index (χ0n) is 17.9. The second kappa shape index (κ2) is 10.0. The fourth-order valence-electron chi connectivity index (χ4n) is 2.43. The van der Waals surface area contributed by atoms with Crippen LogP contribution in [0.3, 0.4) is 0 Å². The molecular formula is C22H19F3N4O4. The third-order valence-electron chi connectivity index (χ3n) is 4.33. The van der Waals surface area contributed by atoms with Crippen LogP contribution < -0.4 is 10.1 Å². The summed E-state index contributed by atoms with van der Waals surface area (Å²) < 4.78 is 50.4. The minimum absolute atomic E-state index is 0.271. The molecule has 172 valence electrons. The standard InChI is InChI=1S/C22H19F3N4O4/c1-13(2)19(30)33-21(3,12-32-16-6-4-14(9-26)5-7-16)20(31)29-15-8-17(22(23,24)25)18(10-27)28-11-15/h4-8,11,13H,12H2,1-3H3,(H,29,31)/t21-/m0/s1. The second-order valence-electron chi connectivity index (χ2n) is 7.42. The molecule has 2 aromatic rings. The van der Waals surface area contributed by atoms with E-state index in [0.717, 1.165) is 6.20 Å². The molecule has 1 amide bonds. The lowest BCUT2D eigenvalue weighted by Gasteiger charge is -2.29. The van der Waals surface area contributed by atoms with Crippen molar-refractivity contribution in [2.24, 2.45) is 5.92 Å². The maximum absolute atomic E-state index is 13.2. The first kappa shape index (κ1) is 25.1. The SMILES string of the molecule is CC(C)C(=O)O[C@@](C)(COc1ccc(C#N)cc1)C(=O)Nc1cnc(C#N)c(C(F)(F)F)c1. The van der Waals surface area contributed by atoms with Crippen molar-refractivity contribution < 1.29 is 32.2 Å². The van der Waals surface area contributed by atoms with Crippen molar-refractivity contribution in [3.63, 3.8) is 0 Å². The van der Waals surface area contributed by atoms with Gasteiger partial charge in [0.2, 0.25) is 5.60 Å². The molecule has 1 atom stereocenters. The summed E-state index contributed by atoms with van der Waals surface area (Å²) in [6.45, 7) is 3.86. The molecule has 0 radical (unpaired) electrons. The van der Waals surface area contributed by atoms with Gasteiger partial charge in [0.1, 0.15) is 18.4 Å². The van der Waals surface area contributed by atoms with Crippen LogP contribution in [0.25, 0.3) is 0 Å². The Morgan fingerprint density at radius 2 is 1.79 bits per heavy atom. The van der Waals surface area contributed by atoms with Gasteiger partial charge in [-0.2, -0.15) is 23.7 Å². The molecule has 1 heterocycles. The molecule has 0 fully saturated rings. The van der Waals surface area contributed by atoms with E-state index in [1.165, 1.54) is 37.3 Å². The minimum Gasteiger partial charge on any atom is -0.489 e. The minimum atomic E-state index is -4.87. The third-order valence-corrected chi connectivity index (χ3v) is 4.33. The van der Waals surface area contributed by atoms with Crippen molar-refractivity contribution in [3.05, 3.63) is 53.3 Å². The van der Waals surface area contributed by atoms with E-state index in [1.54, 1.807) is 13.8 Å². The molecule has 0 aliphatic rings. The van der Waals surface area contributed by atoms with Gasteiger partial charge in [-0.1, -0.05) is 13.8 Å². The monoisotopic (exact) mass is 460 g/mol. The predicted molar refractivity (Wildman–Crippen MR) is 109 cm³/mol. The van der Waals surface area contributed by atoms with Crippen LogP contribution in [0.15, 0.2) is 36.5 Å². The molecular weight excluding hydrogens is 441 g/mol. The summed E-state index contributed by atoms with van der Waals surface area (Å²) in [5.41, 5.74) is -4.07. The number of rotatable bonds is 7. The number of amides is 1. The van der Waals surface area contributed by atoms with E-state index in [4.69, 9.17) is 20.0 Å². The first-order valence-electron chi connectivity index (χ1n) is 9.54.